The molecule has 0 spiro atoms. The summed E-state index contributed by atoms with van der Waals surface area (Å²) in [5.74, 6) is -0.703. The van der Waals surface area contributed by atoms with Crippen molar-refractivity contribution in [2.45, 2.75) is 18.6 Å². The van der Waals surface area contributed by atoms with Crippen LogP contribution in [0.2, 0.25) is 0 Å². The second-order valence-corrected chi connectivity index (χ2v) is 4.77. The number of alkyl halides is 3. The highest BCUT2D eigenvalue weighted by atomic mass is 19.4. The molecule has 0 saturated heterocycles. The van der Waals surface area contributed by atoms with Crippen molar-refractivity contribution in [3.63, 3.8) is 0 Å². The number of aromatic nitrogens is 2. The predicted octanol–water partition coefficient (Wildman–Crippen LogP) is 3.22. The highest BCUT2D eigenvalue weighted by Gasteiger charge is 2.53. The Kier molecular flexibility index (Phi) is 2.80. The Balaban J connectivity index is 2.07. The summed E-state index contributed by atoms with van der Waals surface area (Å²) in [7, 11) is 0. The molecule has 0 saturated carbocycles. The third-order valence-electron chi connectivity index (χ3n) is 3.18. The maximum atomic E-state index is 12.9. The van der Waals surface area contributed by atoms with Gasteiger partial charge < -0.3 is 14.7 Å². The van der Waals surface area contributed by atoms with Crippen LogP contribution in [0.15, 0.2) is 39.5 Å². The molecule has 1 atom stereocenters. The number of nitrogens with zero attached hydrogens (tertiary/aromatic N) is 2. The molecule has 0 aliphatic rings. The number of rotatable bonds is 2. The number of halogens is 3. The van der Waals surface area contributed by atoms with Crippen LogP contribution in [-0.4, -0.2) is 16.3 Å². The van der Waals surface area contributed by atoms with E-state index in [0.717, 1.165) is 6.92 Å². The molecule has 0 bridgehead atoms. The highest BCUT2D eigenvalue weighted by Crippen LogP contribution is 2.37. The minimum absolute atomic E-state index is 0.00382. The van der Waals surface area contributed by atoms with Gasteiger partial charge in [-0.25, -0.2) is 0 Å². The second-order valence-electron chi connectivity index (χ2n) is 4.77. The Morgan fingerprint density at radius 2 is 1.90 bits per heavy atom. The fourth-order valence-corrected chi connectivity index (χ4v) is 1.82. The predicted molar refractivity (Wildman–Crippen MR) is 67.1 cm³/mol. The number of hydrogen-bond donors (Lipinski definition) is 1. The summed E-state index contributed by atoms with van der Waals surface area (Å²) in [5.41, 5.74) is 3.56. The van der Waals surface area contributed by atoms with Crippen LogP contribution < -0.4 is 5.73 Å². The van der Waals surface area contributed by atoms with Crippen LogP contribution in [0.3, 0.4) is 0 Å². The third-order valence-corrected chi connectivity index (χ3v) is 3.18. The lowest BCUT2D eigenvalue weighted by atomic mass is 10.0. The molecule has 0 aliphatic carbocycles. The first-order chi connectivity index (χ1) is 9.80. The van der Waals surface area contributed by atoms with Crippen LogP contribution in [0.5, 0.6) is 0 Å². The van der Waals surface area contributed by atoms with Crippen LogP contribution in [0, 0.1) is 0 Å². The number of para-hydroxylation sites is 1. The fourth-order valence-electron chi connectivity index (χ4n) is 1.82. The minimum atomic E-state index is -4.70. The first-order valence-electron chi connectivity index (χ1n) is 5.97. The van der Waals surface area contributed by atoms with Crippen LogP contribution in [0.4, 0.5) is 13.2 Å². The van der Waals surface area contributed by atoms with Crippen molar-refractivity contribution >= 4 is 11.0 Å². The molecular weight excluding hydrogens is 287 g/mol. The van der Waals surface area contributed by atoms with Gasteiger partial charge in [-0.2, -0.15) is 18.2 Å². The van der Waals surface area contributed by atoms with E-state index in [1.165, 1.54) is 6.26 Å². The fraction of sp³-hybridized carbons (Fsp3) is 0.231. The summed E-state index contributed by atoms with van der Waals surface area (Å²) in [6, 6.07) is 7.02. The van der Waals surface area contributed by atoms with Crippen LogP contribution >= 0.6 is 0 Å². The lowest BCUT2D eigenvalue weighted by Gasteiger charge is -2.22. The Hall–Kier alpha value is -2.35. The standard InChI is InChI=1S/C13H10F3N3O2/c1-12(17,13(14,15)16)11-18-10(19-21-11)8-6-20-9-5-3-2-4-7(8)9/h2-6H,17H2,1H3. The van der Waals surface area contributed by atoms with E-state index in [1.54, 1.807) is 24.3 Å². The van der Waals surface area contributed by atoms with E-state index < -0.39 is 17.6 Å². The molecule has 2 aromatic heterocycles. The van der Waals surface area contributed by atoms with Gasteiger partial charge in [0.2, 0.25) is 5.82 Å². The van der Waals surface area contributed by atoms with Crippen LogP contribution in [-0.2, 0) is 5.54 Å². The maximum Gasteiger partial charge on any atom is 0.415 e. The molecule has 0 aliphatic heterocycles. The van der Waals surface area contributed by atoms with Crippen molar-refractivity contribution in [3.8, 4) is 11.4 Å². The first kappa shape index (κ1) is 13.6. The summed E-state index contributed by atoms with van der Waals surface area (Å²) >= 11 is 0. The Labute approximate surface area is 116 Å². The van der Waals surface area contributed by atoms with Crippen molar-refractivity contribution in [1.29, 1.82) is 0 Å². The molecule has 0 amide bonds. The summed E-state index contributed by atoms with van der Waals surface area (Å²) in [5, 5.41) is 4.24. The topological polar surface area (TPSA) is 78.1 Å². The quantitative estimate of drug-likeness (QED) is 0.785. The SMILES string of the molecule is CC(N)(c1nc(-c2coc3ccccc23)no1)C(F)(F)F. The zero-order valence-corrected chi connectivity index (χ0v) is 10.8. The summed E-state index contributed by atoms with van der Waals surface area (Å²) < 4.78 is 48.5. The average molecular weight is 297 g/mol. The van der Waals surface area contributed by atoms with E-state index in [-0.39, 0.29) is 5.82 Å². The van der Waals surface area contributed by atoms with Gasteiger partial charge >= 0.3 is 6.18 Å². The number of nitrogens with two attached hydrogens (primary N) is 1. The van der Waals surface area contributed by atoms with Gasteiger partial charge in [0, 0.05) is 5.39 Å². The van der Waals surface area contributed by atoms with Crippen molar-refractivity contribution < 1.29 is 22.1 Å². The summed E-state index contributed by atoms with van der Waals surface area (Å²) in [6.07, 6.45) is -3.34. The molecule has 3 rings (SSSR count). The van der Waals surface area contributed by atoms with Gasteiger partial charge in [-0.05, 0) is 13.0 Å². The maximum absolute atomic E-state index is 12.9. The van der Waals surface area contributed by atoms with Crippen LogP contribution in [0.1, 0.15) is 12.8 Å². The van der Waals surface area contributed by atoms with E-state index in [4.69, 9.17) is 10.2 Å². The third kappa shape index (κ3) is 2.07. The first-order valence-corrected chi connectivity index (χ1v) is 5.97. The van der Waals surface area contributed by atoms with Crippen molar-refractivity contribution in [2.24, 2.45) is 5.73 Å². The normalized spacial score (nSPS) is 15.3. The van der Waals surface area contributed by atoms with Gasteiger partial charge in [-0.1, -0.05) is 23.4 Å². The monoisotopic (exact) mass is 297 g/mol. The molecule has 0 radical (unpaired) electrons. The molecular formula is C13H10F3N3O2. The van der Waals surface area contributed by atoms with E-state index in [2.05, 4.69) is 14.7 Å². The second kappa shape index (κ2) is 4.32. The Morgan fingerprint density at radius 1 is 1.19 bits per heavy atom. The van der Waals surface area contributed by atoms with Crippen molar-refractivity contribution in [1.82, 2.24) is 10.1 Å². The Morgan fingerprint density at radius 3 is 2.62 bits per heavy atom. The molecule has 1 aromatic carbocycles. The molecule has 2 heterocycles. The number of fused-ring (bicyclic) bond motifs is 1. The summed E-state index contributed by atoms with van der Waals surface area (Å²) in [6.45, 7) is 0.776. The average Bonchev–Trinajstić information content (AvgIpc) is 3.03. The van der Waals surface area contributed by atoms with E-state index >= 15 is 0 Å². The smallest absolute Gasteiger partial charge is 0.415 e. The van der Waals surface area contributed by atoms with E-state index in [9.17, 15) is 13.2 Å². The number of benzene rings is 1. The summed E-state index contributed by atoms with van der Waals surface area (Å²) in [4.78, 5) is 3.76. The molecule has 5 nitrogen and oxygen atoms in total. The zero-order chi connectivity index (χ0) is 15.3. The molecule has 21 heavy (non-hydrogen) atoms. The number of hydrogen-bond acceptors (Lipinski definition) is 5. The lowest BCUT2D eigenvalue weighted by molar-refractivity contribution is -0.190. The molecule has 2 N–H and O–H groups in total. The van der Waals surface area contributed by atoms with Crippen molar-refractivity contribution in [3.05, 3.63) is 36.4 Å². The molecule has 1 unspecified atom stereocenters. The number of furan rings is 1. The van der Waals surface area contributed by atoms with Gasteiger partial charge in [0.25, 0.3) is 5.89 Å². The molecule has 3 aromatic rings. The van der Waals surface area contributed by atoms with Gasteiger partial charge in [0.05, 0.1) is 5.56 Å². The minimum Gasteiger partial charge on any atom is -0.464 e. The lowest BCUT2D eigenvalue weighted by Crippen LogP contribution is -2.47. The highest BCUT2D eigenvalue weighted by molar-refractivity contribution is 5.91. The van der Waals surface area contributed by atoms with Gasteiger partial charge in [0.1, 0.15) is 11.8 Å². The molecule has 0 fully saturated rings. The van der Waals surface area contributed by atoms with E-state index in [0.29, 0.717) is 16.5 Å². The van der Waals surface area contributed by atoms with Gasteiger partial charge in [-0.3, -0.25) is 0 Å². The van der Waals surface area contributed by atoms with Crippen LogP contribution in [0.25, 0.3) is 22.4 Å². The Bertz CT molecular complexity index is 789. The van der Waals surface area contributed by atoms with Gasteiger partial charge in [-0.15, -0.1) is 0 Å². The van der Waals surface area contributed by atoms with E-state index in [1.807, 2.05) is 0 Å². The molecule has 110 valence electrons. The zero-order valence-electron chi connectivity index (χ0n) is 10.8. The molecule has 8 heteroatoms. The van der Waals surface area contributed by atoms with Crippen molar-refractivity contribution in [2.75, 3.05) is 0 Å². The van der Waals surface area contributed by atoms with Gasteiger partial charge in [0.15, 0.2) is 5.54 Å². The largest absolute Gasteiger partial charge is 0.464 e.